The standard InChI is InChI=1S/C34H28N2O6S2/c1-21-17-25(19-28(38)41-21)44-26-20-43-33-29(35-27(37)18-22-11-5-2-6-12-22)32(39)36(33)30(26)34(40)42-31(23-13-7-3-8-14-23)24-15-9-4-10-16-24/h2-17,19-20,29-31,33H,18H2,1H3,(H,35,37)/t29-,30?,33-/m1/s1. The van der Waals surface area contributed by atoms with Crippen molar-refractivity contribution in [1.29, 1.82) is 0 Å². The molecule has 1 aromatic heterocycles. The number of fused-ring (bicyclic) bond motifs is 1. The van der Waals surface area contributed by atoms with Gasteiger partial charge in [0.25, 0.3) is 0 Å². The Bertz CT molecular complexity index is 1720. The van der Waals surface area contributed by atoms with E-state index in [4.69, 9.17) is 9.15 Å². The molecule has 3 heterocycles. The van der Waals surface area contributed by atoms with Crippen LogP contribution in [0.3, 0.4) is 0 Å². The number of aryl methyl sites for hydroxylation is 1. The lowest BCUT2D eigenvalue weighted by Crippen LogP contribution is -2.73. The van der Waals surface area contributed by atoms with Gasteiger partial charge in [0.1, 0.15) is 17.2 Å². The van der Waals surface area contributed by atoms with Gasteiger partial charge in [0.2, 0.25) is 11.8 Å². The fourth-order valence-corrected chi connectivity index (χ4v) is 7.66. The van der Waals surface area contributed by atoms with E-state index in [1.165, 1.54) is 34.5 Å². The molecule has 2 amide bonds. The number of nitrogens with one attached hydrogen (secondary N) is 1. The van der Waals surface area contributed by atoms with Gasteiger partial charge in [-0.05, 0) is 35.1 Å². The molecule has 1 N–H and O–H groups in total. The third-order valence-electron chi connectivity index (χ3n) is 7.24. The minimum absolute atomic E-state index is 0.135. The van der Waals surface area contributed by atoms with E-state index in [1.807, 2.05) is 96.4 Å². The molecule has 8 nitrogen and oxygen atoms in total. The van der Waals surface area contributed by atoms with E-state index in [1.54, 1.807) is 13.0 Å². The van der Waals surface area contributed by atoms with Crippen molar-refractivity contribution in [3.8, 4) is 0 Å². The molecule has 10 heteroatoms. The molecule has 0 saturated carbocycles. The number of hydrogen-bond acceptors (Lipinski definition) is 8. The Labute approximate surface area is 262 Å². The highest BCUT2D eigenvalue weighted by Gasteiger charge is 2.56. The first-order valence-electron chi connectivity index (χ1n) is 14.0. The zero-order valence-electron chi connectivity index (χ0n) is 23.6. The lowest BCUT2D eigenvalue weighted by molar-refractivity contribution is -0.165. The minimum atomic E-state index is -1.08. The molecule has 0 aliphatic carbocycles. The summed E-state index contributed by atoms with van der Waals surface area (Å²) in [5, 5.41) is 4.16. The highest BCUT2D eigenvalue weighted by atomic mass is 32.2. The van der Waals surface area contributed by atoms with Crippen molar-refractivity contribution in [2.75, 3.05) is 0 Å². The fourth-order valence-electron chi connectivity index (χ4n) is 5.23. The summed E-state index contributed by atoms with van der Waals surface area (Å²) in [7, 11) is 0. The second-order valence-corrected chi connectivity index (χ2v) is 12.5. The van der Waals surface area contributed by atoms with Crippen LogP contribution in [0.15, 0.2) is 128 Å². The van der Waals surface area contributed by atoms with Gasteiger partial charge in [-0.15, -0.1) is 11.8 Å². The van der Waals surface area contributed by atoms with E-state index >= 15 is 0 Å². The molecule has 0 bridgehead atoms. The number of amides is 2. The Balaban J connectivity index is 1.29. The smallest absolute Gasteiger partial charge is 0.336 e. The molecule has 3 aromatic carbocycles. The molecule has 1 saturated heterocycles. The minimum Gasteiger partial charge on any atom is -0.451 e. The molecule has 2 aliphatic heterocycles. The van der Waals surface area contributed by atoms with E-state index in [9.17, 15) is 19.2 Å². The van der Waals surface area contributed by atoms with E-state index in [2.05, 4.69) is 5.32 Å². The van der Waals surface area contributed by atoms with Crippen LogP contribution in [0.2, 0.25) is 0 Å². The number of nitrogens with zero attached hydrogens (tertiary/aromatic N) is 1. The summed E-state index contributed by atoms with van der Waals surface area (Å²) < 4.78 is 11.3. The van der Waals surface area contributed by atoms with E-state index in [-0.39, 0.29) is 18.2 Å². The van der Waals surface area contributed by atoms with Gasteiger partial charge in [0.05, 0.1) is 6.42 Å². The van der Waals surface area contributed by atoms with Crippen LogP contribution in [-0.2, 0) is 25.5 Å². The van der Waals surface area contributed by atoms with Gasteiger partial charge in [-0.25, -0.2) is 9.59 Å². The Morgan fingerprint density at radius 2 is 1.55 bits per heavy atom. The average Bonchev–Trinajstić information content (AvgIpc) is 3.03. The number of esters is 1. The average molecular weight is 625 g/mol. The van der Waals surface area contributed by atoms with E-state index in [0.717, 1.165) is 16.7 Å². The molecule has 1 unspecified atom stereocenters. The fraction of sp³-hybridized carbons (Fsp3) is 0.176. The third kappa shape index (κ3) is 6.36. The van der Waals surface area contributed by atoms with Gasteiger partial charge in [0, 0.05) is 15.9 Å². The van der Waals surface area contributed by atoms with Crippen LogP contribution >= 0.6 is 23.5 Å². The van der Waals surface area contributed by atoms with Gasteiger partial charge in [0.15, 0.2) is 12.1 Å². The number of ether oxygens (including phenoxy) is 1. The van der Waals surface area contributed by atoms with Crippen molar-refractivity contribution in [3.05, 3.63) is 146 Å². The lowest BCUT2D eigenvalue weighted by atomic mass is 10.00. The van der Waals surface area contributed by atoms with Crippen molar-refractivity contribution < 1.29 is 23.5 Å². The Kier molecular flexibility index (Phi) is 8.72. The molecule has 0 spiro atoms. The van der Waals surface area contributed by atoms with Gasteiger partial charge in [-0.1, -0.05) is 103 Å². The number of β-lactam (4-membered cyclic amide) rings is 1. The molecule has 0 radical (unpaired) electrons. The summed E-state index contributed by atoms with van der Waals surface area (Å²) in [5.41, 5.74) is 1.89. The van der Waals surface area contributed by atoms with Crippen molar-refractivity contribution in [2.45, 2.75) is 41.8 Å². The molecular formula is C34H28N2O6S2. The molecular weight excluding hydrogens is 597 g/mol. The van der Waals surface area contributed by atoms with Crippen molar-refractivity contribution in [1.82, 2.24) is 10.2 Å². The molecule has 44 heavy (non-hydrogen) atoms. The number of benzene rings is 3. The summed E-state index contributed by atoms with van der Waals surface area (Å²) in [6, 6.07) is 29.3. The maximum atomic E-state index is 14.1. The van der Waals surface area contributed by atoms with E-state index < -0.39 is 35.2 Å². The zero-order valence-corrected chi connectivity index (χ0v) is 25.3. The molecule has 6 rings (SSSR count). The quantitative estimate of drug-likeness (QED) is 0.200. The summed E-state index contributed by atoms with van der Waals surface area (Å²) in [6.45, 7) is 1.67. The van der Waals surface area contributed by atoms with Crippen molar-refractivity contribution in [3.63, 3.8) is 0 Å². The van der Waals surface area contributed by atoms with Gasteiger partial charge in [-0.3, -0.25) is 9.59 Å². The second-order valence-electron chi connectivity index (χ2n) is 10.4. The lowest BCUT2D eigenvalue weighted by Gasteiger charge is -2.51. The predicted octanol–water partition coefficient (Wildman–Crippen LogP) is 5.23. The normalized spacial score (nSPS) is 19.0. The van der Waals surface area contributed by atoms with Gasteiger partial charge < -0.3 is 19.4 Å². The molecule has 222 valence electrons. The van der Waals surface area contributed by atoms with Crippen LogP contribution in [0.25, 0.3) is 0 Å². The number of hydrogen-bond donors (Lipinski definition) is 1. The largest absolute Gasteiger partial charge is 0.451 e. The topological polar surface area (TPSA) is 106 Å². The molecule has 3 atom stereocenters. The van der Waals surface area contributed by atoms with Gasteiger partial charge in [-0.2, -0.15) is 0 Å². The third-order valence-corrected chi connectivity index (χ3v) is 9.61. The first kappa shape index (κ1) is 29.5. The Morgan fingerprint density at radius 1 is 0.932 bits per heavy atom. The Hall–Kier alpha value is -4.54. The first-order valence-corrected chi connectivity index (χ1v) is 15.7. The monoisotopic (exact) mass is 624 g/mol. The second kappa shape index (κ2) is 13.0. The summed E-state index contributed by atoms with van der Waals surface area (Å²) in [5.74, 6) is -0.848. The van der Waals surface area contributed by atoms with Crippen LogP contribution in [0, 0.1) is 6.92 Å². The SMILES string of the molecule is Cc1cc(SC2=CS[C@@H]3[C@H](NC(=O)Cc4ccccc4)C(=O)N3C2C(=O)OC(c2ccccc2)c2ccccc2)cc(=O)o1. The van der Waals surface area contributed by atoms with E-state index in [0.29, 0.717) is 15.6 Å². The summed E-state index contributed by atoms with van der Waals surface area (Å²) in [6.07, 6.45) is -0.580. The highest BCUT2D eigenvalue weighted by molar-refractivity contribution is 8.06. The molecule has 4 aromatic rings. The van der Waals surface area contributed by atoms with Crippen LogP contribution in [0.5, 0.6) is 0 Å². The van der Waals surface area contributed by atoms with Crippen LogP contribution in [-0.4, -0.2) is 40.1 Å². The summed E-state index contributed by atoms with van der Waals surface area (Å²) >= 11 is 2.54. The van der Waals surface area contributed by atoms with Crippen LogP contribution in [0.4, 0.5) is 0 Å². The van der Waals surface area contributed by atoms with Crippen LogP contribution in [0.1, 0.15) is 28.6 Å². The number of rotatable bonds is 9. The predicted molar refractivity (Wildman–Crippen MR) is 169 cm³/mol. The van der Waals surface area contributed by atoms with Crippen molar-refractivity contribution >= 4 is 41.3 Å². The highest BCUT2D eigenvalue weighted by Crippen LogP contribution is 2.46. The molecule has 2 aliphatic rings. The Morgan fingerprint density at radius 3 is 2.16 bits per heavy atom. The van der Waals surface area contributed by atoms with Crippen molar-refractivity contribution in [2.24, 2.45) is 0 Å². The van der Waals surface area contributed by atoms with Gasteiger partial charge >= 0.3 is 11.6 Å². The van der Waals surface area contributed by atoms with Crippen LogP contribution < -0.4 is 10.9 Å². The maximum Gasteiger partial charge on any atom is 0.336 e. The molecule has 1 fully saturated rings. The number of carbonyl (C=O) groups excluding carboxylic acids is 3. The zero-order chi connectivity index (χ0) is 30.6. The first-order chi connectivity index (χ1) is 21.4. The number of carbonyl (C=O) groups is 3. The summed E-state index contributed by atoms with van der Waals surface area (Å²) in [4.78, 5) is 55.3. The maximum absolute atomic E-state index is 14.1. The number of thioether (sulfide) groups is 2.